The van der Waals surface area contributed by atoms with Gasteiger partial charge in [-0.2, -0.15) is 5.26 Å². The molecule has 0 fully saturated rings. The molecule has 0 radical (unpaired) electrons. The van der Waals surface area contributed by atoms with E-state index >= 15 is 0 Å². The molecule has 2 aromatic carbocycles. The van der Waals surface area contributed by atoms with Crippen LogP contribution in [0.25, 0.3) is 0 Å². The van der Waals surface area contributed by atoms with E-state index in [4.69, 9.17) is 5.41 Å². The Kier molecular flexibility index (Phi) is 5.82. The minimum absolute atomic E-state index is 0.121. The van der Waals surface area contributed by atoms with Crippen LogP contribution in [0.4, 0.5) is 0 Å². The van der Waals surface area contributed by atoms with Gasteiger partial charge in [0.1, 0.15) is 11.0 Å². The van der Waals surface area contributed by atoms with Crippen molar-refractivity contribution in [2.45, 2.75) is 23.6 Å². The fourth-order valence-electron chi connectivity index (χ4n) is 2.16. The van der Waals surface area contributed by atoms with Crippen molar-refractivity contribution < 1.29 is 16.8 Å². The van der Waals surface area contributed by atoms with Gasteiger partial charge in [0.2, 0.25) is 19.7 Å². The Labute approximate surface area is 158 Å². The summed E-state index contributed by atoms with van der Waals surface area (Å²) in [6.45, 7) is 3.56. The van der Waals surface area contributed by atoms with Crippen LogP contribution in [-0.4, -0.2) is 22.7 Å². The first-order valence-electron chi connectivity index (χ1n) is 7.68. The Morgan fingerprint density at radius 1 is 0.852 bits per heavy atom. The lowest BCUT2D eigenvalue weighted by Gasteiger charge is -2.06. The molecule has 27 heavy (non-hydrogen) atoms. The van der Waals surface area contributed by atoms with Crippen molar-refractivity contribution in [3.05, 3.63) is 75.5 Å². The monoisotopic (exact) mass is 400 g/mol. The van der Waals surface area contributed by atoms with Crippen molar-refractivity contribution in [2.24, 2.45) is 0 Å². The standard InChI is InChI=1S/C19H16N2O4S2/c1-14-3-7-16(8-4-14)26(22,23)18(12-20)11-19(13-21)27(24,25)17-9-5-15(2)6-10-17/h3-11,20H,1-2H3/b19-11+. The summed E-state index contributed by atoms with van der Waals surface area (Å²) >= 11 is 0. The molecule has 1 N–H and O–H groups in total. The molecular formula is C19H16N2O4S2. The molecule has 138 valence electrons. The summed E-state index contributed by atoms with van der Waals surface area (Å²) in [5, 5.41) is 16.6. The van der Waals surface area contributed by atoms with E-state index in [0.717, 1.165) is 11.1 Å². The van der Waals surface area contributed by atoms with Crippen LogP contribution in [0.15, 0.2) is 74.2 Å². The van der Waals surface area contributed by atoms with Gasteiger partial charge in [0.25, 0.3) is 0 Å². The molecule has 2 aromatic rings. The molecule has 0 aromatic heterocycles. The highest BCUT2D eigenvalue weighted by molar-refractivity contribution is 7.96. The zero-order chi connectivity index (χ0) is 20.2. The van der Waals surface area contributed by atoms with Gasteiger partial charge < -0.3 is 0 Å². The normalized spacial score (nSPS) is 12.1. The molecule has 0 unspecified atom stereocenters. The molecule has 0 aliphatic heterocycles. The maximum atomic E-state index is 12.7. The number of nitrogens with zero attached hydrogens (tertiary/aromatic N) is 1. The summed E-state index contributed by atoms with van der Waals surface area (Å²) in [6.07, 6.45) is 0.664. The Hall–Kier alpha value is -2.98. The van der Waals surface area contributed by atoms with E-state index in [2.05, 4.69) is 0 Å². The van der Waals surface area contributed by atoms with Crippen molar-refractivity contribution in [1.82, 2.24) is 0 Å². The molecule has 0 heterocycles. The Bertz CT molecular complexity index is 1190. The van der Waals surface area contributed by atoms with Gasteiger partial charge in [-0.25, -0.2) is 16.8 Å². The molecule has 0 spiro atoms. The number of nitriles is 1. The highest BCUT2D eigenvalue weighted by Crippen LogP contribution is 2.24. The second-order valence-electron chi connectivity index (χ2n) is 5.74. The molecule has 2 rings (SSSR count). The summed E-state index contributed by atoms with van der Waals surface area (Å²) in [5.41, 5.74) is 1.67. The predicted octanol–water partition coefficient (Wildman–Crippen LogP) is 3.09. The van der Waals surface area contributed by atoms with Gasteiger partial charge in [0.15, 0.2) is 4.91 Å². The van der Waals surface area contributed by atoms with Crippen molar-refractivity contribution >= 4 is 25.5 Å². The third-order valence-corrected chi connectivity index (χ3v) is 7.11. The van der Waals surface area contributed by atoms with Crippen molar-refractivity contribution in [3.63, 3.8) is 0 Å². The van der Waals surface area contributed by atoms with Crippen LogP contribution in [-0.2, 0) is 19.7 Å². The molecular weight excluding hydrogens is 384 g/mol. The second-order valence-corrected chi connectivity index (χ2v) is 9.58. The number of sulfone groups is 2. The first kappa shape index (κ1) is 20.3. The number of hydrogen-bond donors (Lipinski definition) is 1. The zero-order valence-corrected chi connectivity index (χ0v) is 16.2. The highest BCUT2D eigenvalue weighted by atomic mass is 32.2. The van der Waals surface area contributed by atoms with Gasteiger partial charge in [-0.15, -0.1) is 0 Å². The van der Waals surface area contributed by atoms with E-state index in [1.165, 1.54) is 30.3 Å². The van der Waals surface area contributed by atoms with E-state index in [0.29, 0.717) is 6.08 Å². The summed E-state index contributed by atoms with van der Waals surface area (Å²) in [5.74, 6) is 1.74. The maximum absolute atomic E-state index is 12.7. The summed E-state index contributed by atoms with van der Waals surface area (Å²) < 4.78 is 50.6. The third-order valence-electron chi connectivity index (χ3n) is 3.74. The van der Waals surface area contributed by atoms with Crippen molar-refractivity contribution in [3.8, 4) is 6.07 Å². The van der Waals surface area contributed by atoms with Gasteiger partial charge >= 0.3 is 0 Å². The minimum Gasteiger partial charge on any atom is -0.258 e. The molecule has 8 heteroatoms. The lowest BCUT2D eigenvalue weighted by Crippen LogP contribution is -2.08. The molecule has 6 nitrogen and oxygen atoms in total. The van der Waals surface area contributed by atoms with E-state index in [1.807, 2.05) is 0 Å². The average molecular weight is 400 g/mol. The number of nitrogens with one attached hydrogen (secondary N) is 1. The number of hydrogen-bond acceptors (Lipinski definition) is 6. The smallest absolute Gasteiger partial charge is 0.216 e. The highest BCUT2D eigenvalue weighted by Gasteiger charge is 2.25. The fraction of sp³-hybridized carbons (Fsp3) is 0.105. The van der Waals surface area contributed by atoms with Crippen LogP contribution in [0.2, 0.25) is 0 Å². The predicted molar refractivity (Wildman–Crippen MR) is 102 cm³/mol. The second kappa shape index (κ2) is 7.72. The SMILES string of the molecule is Cc1ccc(S(=O)(=O)C(=C=N)/C=C(\C#N)S(=O)(=O)c2ccc(C)cc2)cc1. The van der Waals surface area contributed by atoms with E-state index < -0.39 is 29.5 Å². The molecule has 0 bridgehead atoms. The van der Waals surface area contributed by atoms with Gasteiger partial charge in [-0.3, -0.25) is 5.41 Å². The molecule has 0 saturated heterocycles. The third kappa shape index (κ3) is 4.23. The largest absolute Gasteiger partial charge is 0.258 e. The van der Waals surface area contributed by atoms with Crippen LogP contribution >= 0.6 is 0 Å². The van der Waals surface area contributed by atoms with Gasteiger partial charge in [0, 0.05) is 0 Å². The van der Waals surface area contributed by atoms with Gasteiger partial charge in [-0.1, -0.05) is 35.4 Å². The van der Waals surface area contributed by atoms with Crippen LogP contribution in [0.5, 0.6) is 0 Å². The number of benzene rings is 2. The average Bonchev–Trinajstić information content (AvgIpc) is 2.63. The van der Waals surface area contributed by atoms with Crippen LogP contribution in [0.3, 0.4) is 0 Å². The van der Waals surface area contributed by atoms with Crippen molar-refractivity contribution in [2.75, 3.05) is 0 Å². The molecule has 0 saturated carbocycles. The Balaban J connectivity index is 2.58. The van der Waals surface area contributed by atoms with E-state index in [9.17, 15) is 22.1 Å². The van der Waals surface area contributed by atoms with Crippen LogP contribution < -0.4 is 0 Å². The quantitative estimate of drug-likeness (QED) is 0.470. The fourth-order valence-corrected chi connectivity index (χ4v) is 4.53. The minimum atomic E-state index is -4.23. The lowest BCUT2D eigenvalue weighted by atomic mass is 10.2. The summed E-state index contributed by atoms with van der Waals surface area (Å²) in [4.78, 5) is -1.75. The van der Waals surface area contributed by atoms with E-state index in [1.54, 1.807) is 44.0 Å². The topological polar surface area (TPSA) is 116 Å². The number of aryl methyl sites for hydroxylation is 2. The first-order chi connectivity index (χ1) is 12.6. The summed E-state index contributed by atoms with van der Waals surface area (Å²) in [7, 11) is -8.43. The Morgan fingerprint density at radius 3 is 1.63 bits per heavy atom. The first-order valence-corrected chi connectivity index (χ1v) is 10.6. The van der Waals surface area contributed by atoms with Crippen LogP contribution in [0, 0.1) is 30.6 Å². The Morgan fingerprint density at radius 2 is 1.26 bits per heavy atom. The van der Waals surface area contributed by atoms with E-state index in [-0.39, 0.29) is 9.79 Å². The van der Waals surface area contributed by atoms with Crippen LogP contribution in [0.1, 0.15) is 11.1 Å². The molecule has 0 amide bonds. The zero-order valence-electron chi connectivity index (χ0n) is 14.6. The number of allylic oxidation sites excluding steroid dienone is 2. The molecule has 0 aliphatic carbocycles. The van der Waals surface area contributed by atoms with Crippen molar-refractivity contribution in [1.29, 1.82) is 10.7 Å². The molecule has 0 aliphatic rings. The summed E-state index contributed by atoms with van der Waals surface area (Å²) in [6, 6.07) is 13.2. The lowest BCUT2D eigenvalue weighted by molar-refractivity contribution is 0.602. The van der Waals surface area contributed by atoms with Gasteiger partial charge in [-0.05, 0) is 50.1 Å². The maximum Gasteiger partial charge on any atom is 0.216 e. The van der Waals surface area contributed by atoms with Gasteiger partial charge in [0.05, 0.1) is 9.79 Å². The number of rotatable bonds is 5. The molecule has 0 atom stereocenters.